The number of rotatable bonds is 66. The third-order valence-electron chi connectivity index (χ3n) is 16.1. The average molecular weight is 1120 g/mol. The van der Waals surface area contributed by atoms with Crippen LogP contribution in [0.1, 0.15) is 387 Å². The first-order valence-corrected chi connectivity index (χ1v) is 35.6. The van der Waals surface area contributed by atoms with Crippen molar-refractivity contribution in [3.05, 3.63) is 48.6 Å². The molecular weight excluding hydrogens is 985 g/mol. The van der Waals surface area contributed by atoms with Gasteiger partial charge in [-0.15, -0.1) is 0 Å². The van der Waals surface area contributed by atoms with Crippen LogP contribution in [0.5, 0.6) is 0 Å². The maximum atomic E-state index is 12.9. The number of carbonyl (C=O) groups excluding carboxylic acids is 3. The highest BCUT2D eigenvalue weighted by molar-refractivity contribution is 5.71. The minimum absolute atomic E-state index is 0.0688. The van der Waals surface area contributed by atoms with Gasteiger partial charge in [0.15, 0.2) is 6.10 Å². The van der Waals surface area contributed by atoms with Crippen LogP contribution in [0.3, 0.4) is 0 Å². The molecule has 0 saturated carbocycles. The molecule has 6 heteroatoms. The zero-order valence-corrected chi connectivity index (χ0v) is 53.9. The van der Waals surface area contributed by atoms with Crippen molar-refractivity contribution >= 4 is 17.9 Å². The summed E-state index contributed by atoms with van der Waals surface area (Å²) in [6.45, 7) is 6.65. The van der Waals surface area contributed by atoms with E-state index in [1.807, 2.05) is 0 Å². The predicted molar refractivity (Wildman–Crippen MR) is 349 cm³/mol. The van der Waals surface area contributed by atoms with Crippen molar-refractivity contribution in [1.29, 1.82) is 0 Å². The molecule has 0 bridgehead atoms. The molecule has 0 aliphatic heterocycles. The van der Waals surface area contributed by atoms with E-state index < -0.39 is 6.10 Å². The summed E-state index contributed by atoms with van der Waals surface area (Å²) in [6.07, 6.45) is 87.4. The van der Waals surface area contributed by atoms with Crippen LogP contribution in [-0.2, 0) is 28.6 Å². The van der Waals surface area contributed by atoms with Gasteiger partial charge in [0.05, 0.1) is 0 Å². The third kappa shape index (κ3) is 66.2. The van der Waals surface area contributed by atoms with E-state index in [0.29, 0.717) is 19.3 Å². The largest absolute Gasteiger partial charge is 0.462 e. The molecule has 0 aromatic heterocycles. The summed E-state index contributed by atoms with van der Waals surface area (Å²) in [7, 11) is 0. The molecule has 0 saturated heterocycles. The summed E-state index contributed by atoms with van der Waals surface area (Å²) < 4.78 is 16.9. The predicted octanol–water partition coefficient (Wildman–Crippen LogP) is 24.5. The SMILES string of the molecule is CCCCCCC/C=C\C/C=C\CCCCCCCCCCCCCCCCCCCCCC(=O)OCC(COC(=O)CCCCCCCCCC)OC(=O)CCCCCCCCCCCCC/C=C\C/C=C\CCCCCCC. The third-order valence-corrected chi connectivity index (χ3v) is 16.1. The fraction of sp³-hybridized carbons (Fsp3) is 0.851. The van der Waals surface area contributed by atoms with Gasteiger partial charge in [-0.1, -0.05) is 333 Å². The van der Waals surface area contributed by atoms with Gasteiger partial charge in [0.25, 0.3) is 0 Å². The van der Waals surface area contributed by atoms with E-state index in [-0.39, 0.29) is 31.1 Å². The van der Waals surface area contributed by atoms with E-state index in [1.54, 1.807) is 0 Å². The zero-order chi connectivity index (χ0) is 57.8. The van der Waals surface area contributed by atoms with E-state index in [1.165, 1.54) is 276 Å². The molecule has 0 aromatic rings. The lowest BCUT2D eigenvalue weighted by atomic mass is 10.0. The molecule has 80 heavy (non-hydrogen) atoms. The molecule has 0 heterocycles. The molecule has 0 amide bonds. The summed E-state index contributed by atoms with van der Waals surface area (Å²) in [5.74, 6) is -0.851. The molecular formula is C74H136O6. The molecule has 0 rings (SSSR count). The maximum absolute atomic E-state index is 12.9. The first kappa shape index (κ1) is 77.4. The second kappa shape index (κ2) is 68.9. The van der Waals surface area contributed by atoms with E-state index in [2.05, 4.69) is 69.4 Å². The van der Waals surface area contributed by atoms with Gasteiger partial charge in [0.1, 0.15) is 13.2 Å². The van der Waals surface area contributed by atoms with Crippen molar-refractivity contribution in [2.75, 3.05) is 13.2 Å². The van der Waals surface area contributed by atoms with Gasteiger partial charge in [-0.25, -0.2) is 0 Å². The van der Waals surface area contributed by atoms with Crippen LogP contribution < -0.4 is 0 Å². The first-order chi connectivity index (χ1) is 39.5. The quantitative estimate of drug-likeness (QED) is 0.0261. The number of carbonyl (C=O) groups is 3. The second-order valence-corrected chi connectivity index (χ2v) is 24.1. The second-order valence-electron chi connectivity index (χ2n) is 24.1. The van der Waals surface area contributed by atoms with Crippen LogP contribution >= 0.6 is 0 Å². The van der Waals surface area contributed by atoms with Crippen LogP contribution in [0.4, 0.5) is 0 Å². The summed E-state index contributed by atoms with van der Waals surface area (Å²) in [6, 6.07) is 0. The first-order valence-electron chi connectivity index (χ1n) is 35.6. The Labute approximate surface area is 498 Å². The Kier molecular flexibility index (Phi) is 66.6. The van der Waals surface area contributed by atoms with Crippen LogP contribution in [0.2, 0.25) is 0 Å². The lowest BCUT2D eigenvalue weighted by molar-refractivity contribution is -0.167. The molecule has 468 valence electrons. The molecule has 0 spiro atoms. The summed E-state index contributed by atoms with van der Waals surface area (Å²) in [5, 5.41) is 0. The molecule has 1 atom stereocenters. The van der Waals surface area contributed by atoms with E-state index in [9.17, 15) is 14.4 Å². The Hall–Kier alpha value is -2.63. The number of hydrogen-bond donors (Lipinski definition) is 0. The minimum atomic E-state index is -0.770. The van der Waals surface area contributed by atoms with Gasteiger partial charge in [-0.3, -0.25) is 14.4 Å². The van der Waals surface area contributed by atoms with Crippen molar-refractivity contribution in [3.8, 4) is 0 Å². The fourth-order valence-corrected chi connectivity index (χ4v) is 10.7. The number of allylic oxidation sites excluding steroid dienone is 8. The summed E-state index contributed by atoms with van der Waals surface area (Å²) >= 11 is 0. The molecule has 0 fully saturated rings. The highest BCUT2D eigenvalue weighted by Gasteiger charge is 2.19. The van der Waals surface area contributed by atoms with Crippen LogP contribution in [0, 0.1) is 0 Å². The Bertz CT molecular complexity index is 1380. The molecule has 1 unspecified atom stereocenters. The van der Waals surface area contributed by atoms with Gasteiger partial charge in [-0.2, -0.15) is 0 Å². The molecule has 0 aliphatic carbocycles. The number of esters is 3. The number of hydrogen-bond acceptors (Lipinski definition) is 6. The Morgan fingerprint density at radius 1 is 0.250 bits per heavy atom. The summed E-state index contributed by atoms with van der Waals surface area (Å²) in [5.41, 5.74) is 0. The van der Waals surface area contributed by atoms with Crippen LogP contribution in [0.25, 0.3) is 0 Å². The van der Waals surface area contributed by atoms with Crippen LogP contribution in [0.15, 0.2) is 48.6 Å². The molecule has 0 radical (unpaired) electrons. The summed E-state index contributed by atoms with van der Waals surface area (Å²) in [4.78, 5) is 38.2. The molecule has 0 N–H and O–H groups in total. The van der Waals surface area contributed by atoms with E-state index >= 15 is 0 Å². The van der Waals surface area contributed by atoms with E-state index in [4.69, 9.17) is 14.2 Å². The van der Waals surface area contributed by atoms with Gasteiger partial charge in [-0.05, 0) is 83.5 Å². The standard InChI is InChI=1S/C74H136O6/c1-4-7-10-13-16-19-21-23-25-27-29-31-33-34-35-36-37-38-39-40-42-43-45-47-49-51-53-55-58-61-64-67-73(76)79-70-71(69-78-72(75)66-63-60-57-18-15-12-9-6-3)80-74(77)68-65-62-59-56-54-52-50-48-46-44-41-32-30-28-26-24-22-20-17-14-11-8-5-2/h21-24,27-30,71H,4-20,25-26,31-70H2,1-3H3/b23-21-,24-22-,29-27-,30-28-. The molecule has 0 aromatic carbocycles. The highest BCUT2D eigenvalue weighted by atomic mass is 16.6. The van der Waals surface area contributed by atoms with Gasteiger partial charge in [0.2, 0.25) is 0 Å². The Balaban J connectivity index is 4.05. The topological polar surface area (TPSA) is 78.9 Å². The van der Waals surface area contributed by atoms with Crippen molar-refractivity contribution in [1.82, 2.24) is 0 Å². The van der Waals surface area contributed by atoms with Crippen molar-refractivity contribution in [3.63, 3.8) is 0 Å². The Morgan fingerprint density at radius 3 is 0.688 bits per heavy atom. The lowest BCUT2D eigenvalue weighted by Crippen LogP contribution is -2.30. The van der Waals surface area contributed by atoms with Crippen LogP contribution in [-0.4, -0.2) is 37.2 Å². The Morgan fingerprint density at radius 2 is 0.450 bits per heavy atom. The van der Waals surface area contributed by atoms with Gasteiger partial charge >= 0.3 is 17.9 Å². The minimum Gasteiger partial charge on any atom is -0.462 e. The monoisotopic (exact) mass is 1120 g/mol. The van der Waals surface area contributed by atoms with Crippen molar-refractivity contribution < 1.29 is 28.6 Å². The van der Waals surface area contributed by atoms with E-state index in [0.717, 1.165) is 70.6 Å². The lowest BCUT2D eigenvalue weighted by Gasteiger charge is -2.18. The van der Waals surface area contributed by atoms with Gasteiger partial charge < -0.3 is 14.2 Å². The molecule has 0 aliphatic rings. The highest BCUT2D eigenvalue weighted by Crippen LogP contribution is 2.18. The van der Waals surface area contributed by atoms with Gasteiger partial charge in [0, 0.05) is 19.3 Å². The smallest absolute Gasteiger partial charge is 0.306 e. The fourth-order valence-electron chi connectivity index (χ4n) is 10.7. The average Bonchev–Trinajstić information content (AvgIpc) is 3.46. The number of unbranched alkanes of at least 4 members (excludes halogenated alkanes) is 47. The van der Waals surface area contributed by atoms with Crippen molar-refractivity contribution in [2.45, 2.75) is 393 Å². The van der Waals surface area contributed by atoms with Crippen molar-refractivity contribution in [2.24, 2.45) is 0 Å². The maximum Gasteiger partial charge on any atom is 0.306 e. The zero-order valence-electron chi connectivity index (χ0n) is 53.9. The number of ether oxygens (including phenoxy) is 3. The normalized spacial score (nSPS) is 12.3. The molecule has 6 nitrogen and oxygen atoms in total.